The Bertz CT molecular complexity index is 743. The summed E-state index contributed by atoms with van der Waals surface area (Å²) in [6.07, 6.45) is 0. The van der Waals surface area contributed by atoms with E-state index in [2.05, 4.69) is 58.8 Å². The van der Waals surface area contributed by atoms with E-state index in [1.165, 1.54) is 5.56 Å². The Morgan fingerprint density at radius 2 is 1.80 bits per heavy atom. The second kappa shape index (κ2) is 15.0. The van der Waals surface area contributed by atoms with Crippen molar-refractivity contribution in [1.29, 1.82) is 0 Å². The van der Waals surface area contributed by atoms with Crippen LogP contribution >= 0.6 is 24.0 Å². The van der Waals surface area contributed by atoms with Crippen LogP contribution in [0.25, 0.3) is 0 Å². The molecule has 0 aliphatic heterocycles. The van der Waals surface area contributed by atoms with Crippen molar-refractivity contribution in [2.75, 3.05) is 47.5 Å². The fourth-order valence-electron chi connectivity index (χ4n) is 2.83. The van der Waals surface area contributed by atoms with Gasteiger partial charge in [-0.2, -0.15) is 0 Å². The van der Waals surface area contributed by atoms with Crippen LogP contribution in [0.3, 0.4) is 0 Å². The van der Waals surface area contributed by atoms with E-state index < -0.39 is 0 Å². The van der Waals surface area contributed by atoms with Crippen molar-refractivity contribution < 1.29 is 9.47 Å². The van der Waals surface area contributed by atoms with Gasteiger partial charge in [0, 0.05) is 33.8 Å². The predicted octanol–water partition coefficient (Wildman–Crippen LogP) is 3.69. The van der Waals surface area contributed by atoms with E-state index in [0.29, 0.717) is 13.2 Å². The summed E-state index contributed by atoms with van der Waals surface area (Å²) >= 11 is 0. The lowest BCUT2D eigenvalue weighted by Gasteiger charge is -2.19. The van der Waals surface area contributed by atoms with Gasteiger partial charge in [-0.05, 0) is 37.2 Å². The Morgan fingerprint density at radius 1 is 1.07 bits per heavy atom. The number of rotatable bonds is 11. The first-order chi connectivity index (χ1) is 14.1. The molecule has 166 valence electrons. The number of likely N-dealkylation sites (N-methyl/N-ethyl adjacent to an activating group) is 1. The van der Waals surface area contributed by atoms with Crippen LogP contribution in [0, 0.1) is 0 Å². The Labute approximate surface area is 198 Å². The SMILES string of the molecule is CN=C(NCc1cccc(OCCN(C)CCOC)c1)NC(C)c1ccccc1.I. The van der Waals surface area contributed by atoms with Crippen molar-refractivity contribution in [3.63, 3.8) is 0 Å². The van der Waals surface area contributed by atoms with Crippen LogP contribution in [0.1, 0.15) is 24.1 Å². The normalized spacial score (nSPS) is 12.2. The van der Waals surface area contributed by atoms with Crippen LogP contribution in [0.5, 0.6) is 5.75 Å². The maximum atomic E-state index is 5.90. The van der Waals surface area contributed by atoms with Crippen LogP contribution < -0.4 is 15.4 Å². The molecule has 1 atom stereocenters. The molecule has 30 heavy (non-hydrogen) atoms. The lowest BCUT2D eigenvalue weighted by atomic mass is 10.1. The zero-order valence-corrected chi connectivity index (χ0v) is 20.8. The number of methoxy groups -OCH3 is 1. The number of benzene rings is 2. The minimum absolute atomic E-state index is 0. The highest BCUT2D eigenvalue weighted by molar-refractivity contribution is 14.0. The van der Waals surface area contributed by atoms with Crippen molar-refractivity contribution in [1.82, 2.24) is 15.5 Å². The summed E-state index contributed by atoms with van der Waals surface area (Å²) in [4.78, 5) is 6.52. The molecule has 0 fully saturated rings. The molecule has 0 spiro atoms. The first kappa shape index (κ1) is 26.2. The largest absolute Gasteiger partial charge is 0.492 e. The number of hydrogen-bond donors (Lipinski definition) is 2. The molecule has 0 saturated carbocycles. The summed E-state index contributed by atoms with van der Waals surface area (Å²) in [6, 6.07) is 18.7. The average molecular weight is 526 g/mol. The fourth-order valence-corrected chi connectivity index (χ4v) is 2.83. The molecule has 6 nitrogen and oxygen atoms in total. The molecule has 2 rings (SSSR count). The van der Waals surface area contributed by atoms with Crippen molar-refractivity contribution >= 4 is 29.9 Å². The zero-order valence-electron chi connectivity index (χ0n) is 18.4. The molecule has 2 aromatic rings. The minimum atomic E-state index is 0. The molecule has 0 aliphatic rings. The lowest BCUT2D eigenvalue weighted by Crippen LogP contribution is -2.38. The van der Waals surface area contributed by atoms with E-state index in [1.807, 2.05) is 30.3 Å². The number of nitrogens with one attached hydrogen (secondary N) is 2. The van der Waals surface area contributed by atoms with Crippen molar-refractivity contribution in [3.8, 4) is 5.75 Å². The van der Waals surface area contributed by atoms with Crippen LogP contribution in [0.15, 0.2) is 59.6 Å². The Morgan fingerprint density at radius 3 is 2.50 bits per heavy atom. The van der Waals surface area contributed by atoms with Crippen LogP contribution in [-0.2, 0) is 11.3 Å². The highest BCUT2D eigenvalue weighted by atomic mass is 127. The number of halogens is 1. The first-order valence-electron chi connectivity index (χ1n) is 10.0. The molecule has 2 N–H and O–H groups in total. The van der Waals surface area contributed by atoms with Crippen molar-refractivity contribution in [2.24, 2.45) is 4.99 Å². The Balaban J connectivity index is 0.00000450. The molecular weight excluding hydrogens is 491 g/mol. The molecule has 0 bridgehead atoms. The maximum Gasteiger partial charge on any atom is 0.191 e. The van der Waals surface area contributed by atoms with Gasteiger partial charge in [-0.25, -0.2) is 0 Å². The van der Waals surface area contributed by atoms with Gasteiger partial charge in [-0.1, -0.05) is 42.5 Å². The topological polar surface area (TPSA) is 58.1 Å². The molecule has 0 amide bonds. The van der Waals surface area contributed by atoms with Gasteiger partial charge >= 0.3 is 0 Å². The summed E-state index contributed by atoms with van der Waals surface area (Å²) < 4.78 is 11.0. The number of nitrogens with zero attached hydrogens (tertiary/aromatic N) is 2. The minimum Gasteiger partial charge on any atom is -0.492 e. The third-order valence-electron chi connectivity index (χ3n) is 4.65. The molecule has 7 heteroatoms. The van der Waals surface area contributed by atoms with Crippen LogP contribution in [-0.4, -0.2) is 58.4 Å². The number of hydrogen-bond acceptors (Lipinski definition) is 4. The van der Waals surface area contributed by atoms with E-state index >= 15 is 0 Å². The molecule has 0 heterocycles. The molecule has 0 aromatic heterocycles. The highest BCUT2D eigenvalue weighted by Gasteiger charge is 2.07. The maximum absolute atomic E-state index is 5.90. The van der Waals surface area contributed by atoms with Crippen LogP contribution in [0.4, 0.5) is 0 Å². The highest BCUT2D eigenvalue weighted by Crippen LogP contribution is 2.14. The molecular formula is C23H35IN4O2. The second-order valence-corrected chi connectivity index (χ2v) is 6.99. The summed E-state index contributed by atoms with van der Waals surface area (Å²) in [5, 5.41) is 6.80. The van der Waals surface area contributed by atoms with Gasteiger partial charge in [0.2, 0.25) is 0 Å². The van der Waals surface area contributed by atoms with Gasteiger partial charge in [0.1, 0.15) is 12.4 Å². The molecule has 0 saturated heterocycles. The molecule has 1 unspecified atom stereocenters. The Kier molecular flexibility index (Phi) is 13.1. The molecule has 0 aliphatic carbocycles. The number of ether oxygens (including phenoxy) is 2. The van der Waals surface area contributed by atoms with E-state index in [0.717, 1.165) is 37.0 Å². The van der Waals surface area contributed by atoms with Gasteiger partial charge in [-0.3, -0.25) is 4.99 Å². The lowest BCUT2D eigenvalue weighted by molar-refractivity contribution is 0.150. The number of aliphatic imine (C=N–C) groups is 1. The van der Waals surface area contributed by atoms with E-state index in [4.69, 9.17) is 9.47 Å². The zero-order chi connectivity index (χ0) is 20.9. The molecule has 2 aromatic carbocycles. The summed E-state index contributed by atoms with van der Waals surface area (Å²) in [5.74, 6) is 1.65. The summed E-state index contributed by atoms with van der Waals surface area (Å²) in [7, 11) is 5.57. The standard InChI is InChI=1S/C23H34N4O2.HI/c1-19(21-10-6-5-7-11-21)26-23(24-2)25-18-20-9-8-12-22(17-20)29-16-14-27(3)13-15-28-4;/h5-12,17,19H,13-16,18H2,1-4H3,(H2,24,25,26);1H. The van der Waals surface area contributed by atoms with Gasteiger partial charge in [0.15, 0.2) is 5.96 Å². The quantitative estimate of drug-likeness (QED) is 0.266. The summed E-state index contributed by atoms with van der Waals surface area (Å²) in [5.41, 5.74) is 2.37. The van der Waals surface area contributed by atoms with Gasteiger partial charge in [-0.15, -0.1) is 24.0 Å². The smallest absolute Gasteiger partial charge is 0.191 e. The summed E-state index contributed by atoms with van der Waals surface area (Å²) in [6.45, 7) is 5.94. The third-order valence-corrected chi connectivity index (χ3v) is 4.65. The van der Waals surface area contributed by atoms with Crippen LogP contribution in [0.2, 0.25) is 0 Å². The first-order valence-corrected chi connectivity index (χ1v) is 10.0. The average Bonchev–Trinajstić information content (AvgIpc) is 2.76. The molecule has 0 radical (unpaired) electrons. The van der Waals surface area contributed by atoms with E-state index in [1.54, 1.807) is 14.2 Å². The van der Waals surface area contributed by atoms with E-state index in [-0.39, 0.29) is 30.0 Å². The second-order valence-electron chi connectivity index (χ2n) is 6.99. The fraction of sp³-hybridized carbons (Fsp3) is 0.435. The van der Waals surface area contributed by atoms with Gasteiger partial charge in [0.25, 0.3) is 0 Å². The van der Waals surface area contributed by atoms with Gasteiger partial charge < -0.3 is 25.0 Å². The predicted molar refractivity (Wildman–Crippen MR) is 135 cm³/mol. The number of guanidine groups is 1. The third kappa shape index (κ3) is 9.77. The van der Waals surface area contributed by atoms with Gasteiger partial charge in [0.05, 0.1) is 12.6 Å². The monoisotopic (exact) mass is 526 g/mol. The van der Waals surface area contributed by atoms with E-state index in [9.17, 15) is 0 Å². The Hall–Kier alpha value is -1.84. The van der Waals surface area contributed by atoms with Crippen molar-refractivity contribution in [2.45, 2.75) is 19.5 Å². The van der Waals surface area contributed by atoms with Crippen molar-refractivity contribution in [3.05, 3.63) is 65.7 Å².